The molecule has 0 saturated heterocycles. The molecule has 3 rings (SSSR count). The smallest absolute Gasteiger partial charge is 0.224 e. The zero-order valence-corrected chi connectivity index (χ0v) is 15.8. The summed E-state index contributed by atoms with van der Waals surface area (Å²) in [6.45, 7) is 0. The van der Waals surface area contributed by atoms with Crippen LogP contribution in [0.5, 0.6) is 0 Å². The van der Waals surface area contributed by atoms with Crippen molar-refractivity contribution in [2.45, 2.75) is 0 Å². The molecule has 0 aliphatic rings. The fourth-order valence-corrected chi connectivity index (χ4v) is 8.09. The Hall–Kier alpha value is -1.87. The molecule has 0 aliphatic carbocycles. The van der Waals surface area contributed by atoms with Crippen molar-refractivity contribution in [3.05, 3.63) is 102 Å². The molecule has 2 nitrogen and oxygen atoms in total. The van der Waals surface area contributed by atoms with Crippen molar-refractivity contribution in [2.75, 3.05) is 0 Å². The zero-order valence-electron chi connectivity index (χ0n) is 13.2. The molecular weight excluding hydrogens is 367 g/mol. The SMILES string of the molecule is O=C(SP(SC(=O)c1ccccc1)c1ccccc1)c1ccccc1. The van der Waals surface area contributed by atoms with Crippen molar-refractivity contribution in [1.29, 1.82) is 0 Å². The third kappa shape index (κ3) is 5.05. The van der Waals surface area contributed by atoms with Gasteiger partial charge in [0.15, 0.2) is 0 Å². The Bertz CT molecular complexity index is 786. The Balaban J connectivity index is 1.81. The van der Waals surface area contributed by atoms with Gasteiger partial charge >= 0.3 is 0 Å². The molecule has 0 radical (unpaired) electrons. The molecule has 0 bridgehead atoms. The van der Waals surface area contributed by atoms with Gasteiger partial charge in [0.25, 0.3) is 0 Å². The van der Waals surface area contributed by atoms with Crippen LogP contribution in [0.15, 0.2) is 91.0 Å². The van der Waals surface area contributed by atoms with E-state index in [1.807, 2.05) is 66.7 Å². The maximum atomic E-state index is 12.6. The molecule has 0 N–H and O–H groups in total. The zero-order chi connectivity index (χ0) is 17.5. The first kappa shape index (κ1) is 17.9. The predicted octanol–water partition coefficient (Wildman–Crippen LogP) is 5.77. The lowest BCUT2D eigenvalue weighted by Gasteiger charge is -2.15. The minimum atomic E-state index is -1.05. The lowest BCUT2D eigenvalue weighted by Crippen LogP contribution is -2.01. The highest BCUT2D eigenvalue weighted by Gasteiger charge is 2.22. The van der Waals surface area contributed by atoms with Crippen LogP contribution in [-0.2, 0) is 0 Å². The molecule has 0 atom stereocenters. The number of hydrogen-bond acceptors (Lipinski definition) is 4. The van der Waals surface area contributed by atoms with Crippen molar-refractivity contribution in [2.24, 2.45) is 0 Å². The minimum absolute atomic E-state index is 0.0103. The second kappa shape index (κ2) is 9.00. The van der Waals surface area contributed by atoms with Crippen LogP contribution in [0.4, 0.5) is 0 Å². The van der Waals surface area contributed by atoms with Gasteiger partial charge in [-0.2, -0.15) is 0 Å². The van der Waals surface area contributed by atoms with Gasteiger partial charge in [0.05, 0.1) is 6.33 Å². The molecule has 0 fully saturated rings. The van der Waals surface area contributed by atoms with E-state index in [1.54, 1.807) is 24.3 Å². The maximum Gasteiger partial charge on any atom is 0.224 e. The van der Waals surface area contributed by atoms with Crippen LogP contribution < -0.4 is 5.30 Å². The molecule has 0 aromatic heterocycles. The van der Waals surface area contributed by atoms with E-state index in [2.05, 4.69) is 0 Å². The first-order valence-corrected chi connectivity index (χ1v) is 11.8. The summed E-state index contributed by atoms with van der Waals surface area (Å²) in [6.07, 6.45) is -1.05. The molecule has 0 unspecified atom stereocenters. The van der Waals surface area contributed by atoms with Crippen LogP contribution in [0.2, 0.25) is 0 Å². The Morgan fingerprint density at radius 1 is 0.560 bits per heavy atom. The first-order chi connectivity index (χ1) is 12.2. The summed E-state index contributed by atoms with van der Waals surface area (Å²) in [5.74, 6) is 0. The molecule has 5 heteroatoms. The van der Waals surface area contributed by atoms with Gasteiger partial charge in [-0.25, -0.2) is 0 Å². The van der Waals surface area contributed by atoms with E-state index in [-0.39, 0.29) is 10.2 Å². The number of carbonyl (C=O) groups is 2. The van der Waals surface area contributed by atoms with E-state index in [1.165, 1.54) is 22.8 Å². The Kier molecular flexibility index (Phi) is 6.46. The molecule has 0 spiro atoms. The summed E-state index contributed by atoms with van der Waals surface area (Å²) in [7, 11) is 0. The normalized spacial score (nSPS) is 10.6. The second-order valence-corrected chi connectivity index (χ2v) is 11.2. The molecule has 0 heterocycles. The average Bonchev–Trinajstić information content (AvgIpc) is 2.69. The van der Waals surface area contributed by atoms with Crippen molar-refractivity contribution >= 4 is 44.6 Å². The second-order valence-electron chi connectivity index (χ2n) is 5.08. The van der Waals surface area contributed by atoms with Crippen LogP contribution in [0.3, 0.4) is 0 Å². The summed E-state index contributed by atoms with van der Waals surface area (Å²) in [4.78, 5) is 25.2. The highest BCUT2D eigenvalue weighted by atomic mass is 33.1. The molecule has 0 saturated carbocycles. The van der Waals surface area contributed by atoms with E-state index in [0.29, 0.717) is 11.1 Å². The highest BCUT2D eigenvalue weighted by Crippen LogP contribution is 2.61. The summed E-state index contributed by atoms with van der Waals surface area (Å²) >= 11 is 2.48. The summed E-state index contributed by atoms with van der Waals surface area (Å²) in [6, 6.07) is 28.1. The Labute approximate surface area is 156 Å². The van der Waals surface area contributed by atoms with E-state index >= 15 is 0 Å². The van der Waals surface area contributed by atoms with Gasteiger partial charge < -0.3 is 0 Å². The average molecular weight is 382 g/mol. The van der Waals surface area contributed by atoms with Gasteiger partial charge in [0.2, 0.25) is 10.2 Å². The van der Waals surface area contributed by atoms with Crippen LogP contribution in [-0.4, -0.2) is 10.2 Å². The minimum Gasteiger partial charge on any atom is -0.281 e. The number of benzene rings is 3. The van der Waals surface area contributed by atoms with E-state index < -0.39 is 6.33 Å². The fourth-order valence-electron chi connectivity index (χ4n) is 2.08. The van der Waals surface area contributed by atoms with E-state index in [9.17, 15) is 9.59 Å². The summed E-state index contributed by atoms with van der Waals surface area (Å²) in [5.41, 5.74) is 1.31. The van der Waals surface area contributed by atoms with E-state index in [0.717, 1.165) is 5.30 Å². The Morgan fingerprint density at radius 2 is 0.920 bits per heavy atom. The lowest BCUT2D eigenvalue weighted by atomic mass is 10.2. The third-order valence-corrected chi connectivity index (χ3v) is 9.77. The predicted molar refractivity (Wildman–Crippen MR) is 110 cm³/mol. The molecule has 3 aromatic carbocycles. The highest BCUT2D eigenvalue weighted by molar-refractivity contribution is 8.96. The molecule has 0 aliphatic heterocycles. The van der Waals surface area contributed by atoms with Crippen LogP contribution >= 0.6 is 29.1 Å². The fraction of sp³-hybridized carbons (Fsp3) is 0. The Morgan fingerprint density at radius 3 is 1.32 bits per heavy atom. The van der Waals surface area contributed by atoms with Crippen LogP contribution in [0, 0.1) is 0 Å². The first-order valence-electron chi connectivity index (χ1n) is 7.64. The molecular formula is C20H15O2PS2. The number of rotatable bonds is 5. The van der Waals surface area contributed by atoms with Gasteiger partial charge in [-0.3, -0.25) is 9.59 Å². The van der Waals surface area contributed by atoms with Crippen molar-refractivity contribution in [3.63, 3.8) is 0 Å². The van der Waals surface area contributed by atoms with Crippen LogP contribution in [0.1, 0.15) is 20.7 Å². The maximum absolute atomic E-state index is 12.6. The van der Waals surface area contributed by atoms with Gasteiger partial charge in [-0.05, 0) is 28.1 Å². The van der Waals surface area contributed by atoms with Crippen molar-refractivity contribution in [1.82, 2.24) is 0 Å². The summed E-state index contributed by atoms with van der Waals surface area (Å²) in [5, 5.41) is 0.994. The van der Waals surface area contributed by atoms with Crippen molar-refractivity contribution in [3.8, 4) is 0 Å². The lowest BCUT2D eigenvalue weighted by molar-refractivity contribution is 0.108. The van der Waals surface area contributed by atoms with Gasteiger partial charge in [0.1, 0.15) is 0 Å². The molecule has 3 aromatic rings. The molecule has 25 heavy (non-hydrogen) atoms. The standard InChI is InChI=1S/C20H15O2PS2/c21-19(16-10-4-1-5-11-16)24-23(18-14-8-3-9-15-18)25-20(22)17-12-6-2-7-13-17/h1-15H. The van der Waals surface area contributed by atoms with Crippen molar-refractivity contribution < 1.29 is 9.59 Å². The quantitative estimate of drug-likeness (QED) is 0.525. The van der Waals surface area contributed by atoms with Gasteiger partial charge in [-0.1, -0.05) is 91.0 Å². The van der Waals surface area contributed by atoms with Crippen LogP contribution in [0.25, 0.3) is 0 Å². The monoisotopic (exact) mass is 382 g/mol. The largest absolute Gasteiger partial charge is 0.281 e. The molecule has 0 amide bonds. The summed E-state index contributed by atoms with van der Waals surface area (Å²) < 4.78 is 0. The topological polar surface area (TPSA) is 34.1 Å². The van der Waals surface area contributed by atoms with E-state index in [4.69, 9.17) is 0 Å². The van der Waals surface area contributed by atoms with Gasteiger partial charge in [0, 0.05) is 11.1 Å². The third-order valence-electron chi connectivity index (χ3n) is 3.32. The number of carbonyl (C=O) groups excluding carboxylic acids is 2. The molecule has 124 valence electrons. The van der Waals surface area contributed by atoms with Gasteiger partial charge in [-0.15, -0.1) is 0 Å². The number of hydrogen-bond donors (Lipinski definition) is 0.